The molecule has 0 aromatic carbocycles. The molecule has 1 spiro atoms. The fraction of sp³-hybridized carbons (Fsp3) is 0.941. The minimum absolute atomic E-state index is 0.0780. The molecule has 3 fully saturated rings. The molecule has 126 valence electrons. The lowest BCUT2D eigenvalue weighted by Gasteiger charge is -2.51. The van der Waals surface area contributed by atoms with Gasteiger partial charge in [-0.2, -0.15) is 0 Å². The normalized spacial score (nSPS) is 36.6. The molecule has 1 saturated carbocycles. The van der Waals surface area contributed by atoms with E-state index in [2.05, 4.69) is 10.2 Å². The van der Waals surface area contributed by atoms with Gasteiger partial charge in [-0.15, -0.1) is 0 Å². The molecular weight excluding hydrogens is 280 g/mol. The van der Waals surface area contributed by atoms with E-state index in [4.69, 9.17) is 4.74 Å². The van der Waals surface area contributed by atoms with Crippen molar-refractivity contribution in [1.29, 1.82) is 0 Å². The Balaban J connectivity index is 1.61. The van der Waals surface area contributed by atoms with Crippen LogP contribution in [-0.2, 0) is 9.53 Å². The van der Waals surface area contributed by atoms with E-state index in [0.717, 1.165) is 38.4 Å². The highest BCUT2D eigenvalue weighted by atomic mass is 16.5. The maximum absolute atomic E-state index is 11.4. The summed E-state index contributed by atoms with van der Waals surface area (Å²) in [5.74, 6) is -0.0780. The molecule has 0 aromatic rings. The second-order valence-corrected chi connectivity index (χ2v) is 7.76. The lowest BCUT2D eigenvalue weighted by Crippen LogP contribution is -2.64. The number of amides is 1. The highest BCUT2D eigenvalue weighted by Gasteiger charge is 2.49. The average molecular weight is 310 g/mol. The molecule has 0 bridgehead atoms. The zero-order chi connectivity index (χ0) is 15.8. The Morgan fingerprint density at radius 2 is 1.91 bits per heavy atom. The second kappa shape index (κ2) is 6.10. The van der Waals surface area contributed by atoms with Crippen LogP contribution in [0.1, 0.15) is 58.8 Å². The number of hydrogen-bond acceptors (Lipinski definition) is 4. The average Bonchev–Trinajstić information content (AvgIpc) is 2.98. The van der Waals surface area contributed by atoms with Crippen molar-refractivity contribution >= 4 is 5.91 Å². The molecule has 2 aliphatic heterocycles. The van der Waals surface area contributed by atoms with Crippen LogP contribution in [-0.4, -0.2) is 58.9 Å². The summed E-state index contributed by atoms with van der Waals surface area (Å²) in [6.07, 6.45) is 8.17. The van der Waals surface area contributed by atoms with Gasteiger partial charge in [-0.25, -0.2) is 0 Å². The van der Waals surface area contributed by atoms with Crippen LogP contribution in [0.2, 0.25) is 0 Å². The summed E-state index contributed by atoms with van der Waals surface area (Å²) >= 11 is 0. The number of ether oxygens (including phenoxy) is 1. The van der Waals surface area contributed by atoms with Gasteiger partial charge in [-0.05, 0) is 39.0 Å². The minimum Gasteiger partial charge on any atom is -0.386 e. The summed E-state index contributed by atoms with van der Waals surface area (Å²) in [5.41, 5.74) is -1.13. The van der Waals surface area contributed by atoms with E-state index in [1.54, 1.807) is 6.92 Å². The van der Waals surface area contributed by atoms with E-state index < -0.39 is 5.60 Å². The molecule has 3 aliphatic rings. The number of likely N-dealkylation sites (tertiary alicyclic amines) is 1. The van der Waals surface area contributed by atoms with Gasteiger partial charge < -0.3 is 20.1 Å². The van der Waals surface area contributed by atoms with Gasteiger partial charge in [-0.1, -0.05) is 12.8 Å². The van der Waals surface area contributed by atoms with E-state index in [1.165, 1.54) is 32.6 Å². The number of carbonyl (C=O) groups is 1. The SMILES string of the molecule is CC(=O)N[C@H]1CC2(CCN(C3CCCC3)CC2)OC[C@]1(C)O. The fourth-order valence-corrected chi connectivity index (χ4v) is 4.42. The van der Waals surface area contributed by atoms with Gasteiger partial charge in [0, 0.05) is 26.1 Å². The first-order valence-electron chi connectivity index (χ1n) is 8.78. The van der Waals surface area contributed by atoms with Gasteiger partial charge in [0.25, 0.3) is 0 Å². The molecule has 1 amide bonds. The first-order chi connectivity index (χ1) is 10.4. The van der Waals surface area contributed by atoms with Crippen molar-refractivity contribution in [2.75, 3.05) is 19.7 Å². The first kappa shape index (κ1) is 16.2. The molecule has 1 aliphatic carbocycles. The van der Waals surface area contributed by atoms with Gasteiger partial charge in [0.15, 0.2) is 0 Å². The van der Waals surface area contributed by atoms with Crippen molar-refractivity contribution in [3.63, 3.8) is 0 Å². The molecule has 2 atom stereocenters. The molecule has 5 nitrogen and oxygen atoms in total. The van der Waals surface area contributed by atoms with Crippen molar-refractivity contribution < 1.29 is 14.6 Å². The maximum Gasteiger partial charge on any atom is 0.217 e. The van der Waals surface area contributed by atoms with E-state index >= 15 is 0 Å². The van der Waals surface area contributed by atoms with E-state index in [9.17, 15) is 9.90 Å². The lowest BCUT2D eigenvalue weighted by atomic mass is 9.77. The van der Waals surface area contributed by atoms with E-state index in [-0.39, 0.29) is 17.6 Å². The summed E-state index contributed by atoms with van der Waals surface area (Å²) < 4.78 is 6.12. The molecule has 5 heteroatoms. The zero-order valence-corrected chi connectivity index (χ0v) is 13.9. The van der Waals surface area contributed by atoms with E-state index in [1.807, 2.05) is 0 Å². The van der Waals surface area contributed by atoms with Crippen molar-refractivity contribution in [3.8, 4) is 0 Å². The number of nitrogens with zero attached hydrogens (tertiary/aromatic N) is 1. The topological polar surface area (TPSA) is 61.8 Å². The molecule has 0 aromatic heterocycles. The third-order valence-electron chi connectivity index (χ3n) is 5.93. The van der Waals surface area contributed by atoms with Gasteiger partial charge in [0.05, 0.1) is 18.2 Å². The predicted molar refractivity (Wildman–Crippen MR) is 84.6 cm³/mol. The number of hydrogen-bond donors (Lipinski definition) is 2. The van der Waals surface area contributed by atoms with E-state index in [0.29, 0.717) is 6.61 Å². The number of carbonyl (C=O) groups excluding carboxylic acids is 1. The van der Waals surface area contributed by atoms with Crippen molar-refractivity contribution in [2.24, 2.45) is 0 Å². The minimum atomic E-state index is -0.973. The Morgan fingerprint density at radius 1 is 1.27 bits per heavy atom. The molecule has 2 heterocycles. The first-order valence-corrected chi connectivity index (χ1v) is 8.78. The largest absolute Gasteiger partial charge is 0.386 e. The summed E-state index contributed by atoms with van der Waals surface area (Å²) in [5, 5.41) is 13.4. The van der Waals surface area contributed by atoms with Crippen molar-refractivity contribution in [2.45, 2.75) is 82.1 Å². The molecule has 2 saturated heterocycles. The quantitative estimate of drug-likeness (QED) is 0.810. The Hall–Kier alpha value is -0.650. The molecule has 0 radical (unpaired) electrons. The standard InChI is InChI=1S/C17H30N2O3/c1-13(20)18-15-11-17(22-12-16(15,2)21)7-9-19(10-8-17)14-5-3-4-6-14/h14-15,21H,3-12H2,1-2H3,(H,18,20)/t15-,16-/m0/s1. The van der Waals surface area contributed by atoms with Crippen molar-refractivity contribution in [1.82, 2.24) is 10.2 Å². The highest BCUT2D eigenvalue weighted by molar-refractivity contribution is 5.73. The van der Waals surface area contributed by atoms with Crippen LogP contribution < -0.4 is 5.32 Å². The number of aliphatic hydroxyl groups is 1. The van der Waals surface area contributed by atoms with Crippen molar-refractivity contribution in [3.05, 3.63) is 0 Å². The van der Waals surface area contributed by atoms with Crippen LogP contribution in [0.4, 0.5) is 0 Å². The molecular formula is C17H30N2O3. The monoisotopic (exact) mass is 310 g/mol. The van der Waals surface area contributed by atoms with Gasteiger partial charge >= 0.3 is 0 Å². The lowest BCUT2D eigenvalue weighted by molar-refractivity contribution is -0.194. The van der Waals surface area contributed by atoms with Crippen LogP contribution in [0, 0.1) is 0 Å². The fourth-order valence-electron chi connectivity index (χ4n) is 4.42. The summed E-state index contributed by atoms with van der Waals surface area (Å²) in [6, 6.07) is 0.562. The number of piperidine rings is 1. The zero-order valence-electron chi connectivity index (χ0n) is 13.9. The molecule has 0 unspecified atom stereocenters. The third-order valence-corrected chi connectivity index (χ3v) is 5.93. The number of nitrogens with one attached hydrogen (secondary N) is 1. The third kappa shape index (κ3) is 3.31. The Bertz CT molecular complexity index is 410. The smallest absolute Gasteiger partial charge is 0.217 e. The van der Waals surface area contributed by atoms with Crippen LogP contribution in [0.25, 0.3) is 0 Å². The highest BCUT2D eigenvalue weighted by Crippen LogP contribution is 2.39. The second-order valence-electron chi connectivity index (χ2n) is 7.76. The van der Waals surface area contributed by atoms with Gasteiger partial charge in [0.1, 0.15) is 5.60 Å². The van der Waals surface area contributed by atoms with Gasteiger partial charge in [-0.3, -0.25) is 4.79 Å². The molecule has 3 rings (SSSR count). The molecule has 22 heavy (non-hydrogen) atoms. The summed E-state index contributed by atoms with van der Waals surface area (Å²) in [6.45, 7) is 5.75. The maximum atomic E-state index is 11.4. The summed E-state index contributed by atoms with van der Waals surface area (Å²) in [4.78, 5) is 14.1. The number of rotatable bonds is 2. The molecule has 2 N–H and O–H groups in total. The van der Waals surface area contributed by atoms with Crippen LogP contribution in [0.5, 0.6) is 0 Å². The van der Waals surface area contributed by atoms with Crippen LogP contribution >= 0.6 is 0 Å². The Kier molecular flexibility index (Phi) is 4.49. The van der Waals surface area contributed by atoms with Gasteiger partial charge in [0.2, 0.25) is 5.91 Å². The Morgan fingerprint density at radius 3 is 2.50 bits per heavy atom. The van der Waals surface area contributed by atoms with Crippen LogP contribution in [0.3, 0.4) is 0 Å². The Labute approximate surface area is 133 Å². The predicted octanol–water partition coefficient (Wildman–Crippen LogP) is 1.44. The van der Waals surface area contributed by atoms with Crippen LogP contribution in [0.15, 0.2) is 0 Å². The summed E-state index contributed by atoms with van der Waals surface area (Å²) in [7, 11) is 0.